The topological polar surface area (TPSA) is 190 Å². The van der Waals surface area contributed by atoms with Gasteiger partial charge in [0.05, 0.1) is 0 Å². The summed E-state index contributed by atoms with van der Waals surface area (Å²) in [4.78, 5) is 37.1. The predicted octanol–water partition coefficient (Wildman–Crippen LogP) is 0.779. The minimum atomic E-state index is -1.80. The third-order valence-electron chi connectivity index (χ3n) is 5.01. The lowest BCUT2D eigenvalue weighted by molar-refractivity contribution is -0.287. The molecule has 1 heterocycles. The maximum absolute atomic E-state index is 12.9. The van der Waals surface area contributed by atoms with Crippen molar-refractivity contribution < 1.29 is 58.5 Å². The molecule has 0 aromatic heterocycles. The van der Waals surface area contributed by atoms with Gasteiger partial charge in [0.15, 0.2) is 6.29 Å². The molecule has 38 heavy (non-hydrogen) atoms. The van der Waals surface area contributed by atoms with Crippen LogP contribution in [0.2, 0.25) is 0 Å². The van der Waals surface area contributed by atoms with E-state index >= 15 is 0 Å². The highest BCUT2D eigenvalue weighted by Gasteiger charge is 2.43. The summed E-state index contributed by atoms with van der Waals surface area (Å²) in [7, 11) is 0. The number of ether oxygens (including phenoxy) is 5. The summed E-state index contributed by atoms with van der Waals surface area (Å²) in [6, 6.07) is 4.85. The first-order chi connectivity index (χ1) is 17.4. The second-order valence-corrected chi connectivity index (χ2v) is 10.8. The third-order valence-corrected chi connectivity index (χ3v) is 5.01. The lowest BCUT2D eigenvalue weighted by Crippen LogP contribution is -2.59. The quantitative estimate of drug-likeness (QED) is 0.185. The van der Waals surface area contributed by atoms with E-state index in [0.29, 0.717) is 5.56 Å². The SMILES string of the molecule is CC(C)(C)OC(=O)NC(Cc1ccc(OC(=O)OC(C)(C)C)cc1)C(=O)OCC1OC(O)C(O)C(O)C1O. The molecule has 13 nitrogen and oxygen atoms in total. The van der Waals surface area contributed by atoms with E-state index in [2.05, 4.69) is 5.32 Å². The van der Waals surface area contributed by atoms with Crippen LogP contribution in [0.4, 0.5) is 9.59 Å². The number of benzene rings is 1. The molecule has 0 radical (unpaired) electrons. The van der Waals surface area contributed by atoms with Crippen molar-refractivity contribution in [3.8, 4) is 5.75 Å². The molecule has 13 heteroatoms. The summed E-state index contributed by atoms with van der Waals surface area (Å²) < 4.78 is 25.6. The highest BCUT2D eigenvalue weighted by atomic mass is 16.7. The Hall–Kier alpha value is -2.97. The number of hydrogen-bond acceptors (Lipinski definition) is 12. The Morgan fingerprint density at radius 1 is 0.895 bits per heavy atom. The Labute approximate surface area is 220 Å². The number of rotatable bonds is 7. The number of alkyl carbamates (subject to hydrolysis) is 1. The van der Waals surface area contributed by atoms with Crippen LogP contribution < -0.4 is 10.1 Å². The van der Waals surface area contributed by atoms with Crippen molar-refractivity contribution in [2.24, 2.45) is 0 Å². The molecule has 6 unspecified atom stereocenters. The molecule has 1 aliphatic heterocycles. The molecule has 0 spiro atoms. The number of carbonyl (C=O) groups is 3. The molecular formula is C25H37NO12. The van der Waals surface area contributed by atoms with Crippen LogP contribution in [0.15, 0.2) is 24.3 Å². The Morgan fingerprint density at radius 3 is 2.03 bits per heavy atom. The minimum absolute atomic E-state index is 0.0527. The molecule has 1 saturated heterocycles. The lowest BCUT2D eigenvalue weighted by Gasteiger charge is -2.38. The Balaban J connectivity index is 2.08. The third kappa shape index (κ3) is 10.1. The van der Waals surface area contributed by atoms with Crippen LogP contribution in [0.1, 0.15) is 47.1 Å². The minimum Gasteiger partial charge on any atom is -0.461 e. The van der Waals surface area contributed by atoms with Gasteiger partial charge in [0.2, 0.25) is 0 Å². The average Bonchev–Trinajstić information content (AvgIpc) is 2.77. The number of nitrogens with one attached hydrogen (secondary N) is 1. The van der Waals surface area contributed by atoms with Crippen molar-refractivity contribution in [1.29, 1.82) is 0 Å². The predicted molar refractivity (Wildman–Crippen MR) is 130 cm³/mol. The van der Waals surface area contributed by atoms with Crippen molar-refractivity contribution in [3.63, 3.8) is 0 Å². The van der Waals surface area contributed by atoms with Crippen LogP contribution in [-0.2, 0) is 30.2 Å². The summed E-state index contributed by atoms with van der Waals surface area (Å²) in [5, 5.41) is 41.6. The van der Waals surface area contributed by atoms with E-state index in [-0.39, 0.29) is 12.2 Å². The van der Waals surface area contributed by atoms with Gasteiger partial charge in [-0.2, -0.15) is 0 Å². The molecule has 2 rings (SSSR count). The molecule has 1 amide bonds. The summed E-state index contributed by atoms with van der Waals surface area (Å²) >= 11 is 0. The van der Waals surface area contributed by atoms with Crippen LogP contribution in [0.25, 0.3) is 0 Å². The van der Waals surface area contributed by atoms with Gasteiger partial charge < -0.3 is 49.4 Å². The highest BCUT2D eigenvalue weighted by molar-refractivity contribution is 5.81. The van der Waals surface area contributed by atoms with Crippen molar-refractivity contribution in [3.05, 3.63) is 29.8 Å². The maximum atomic E-state index is 12.9. The molecule has 214 valence electrons. The summed E-state index contributed by atoms with van der Waals surface area (Å²) in [5.74, 6) is -0.721. The van der Waals surface area contributed by atoms with Crippen LogP contribution in [0.3, 0.4) is 0 Å². The zero-order valence-electron chi connectivity index (χ0n) is 22.2. The van der Waals surface area contributed by atoms with Crippen LogP contribution >= 0.6 is 0 Å². The van der Waals surface area contributed by atoms with Gasteiger partial charge >= 0.3 is 18.2 Å². The fourth-order valence-electron chi connectivity index (χ4n) is 3.27. The molecule has 1 aromatic rings. The lowest BCUT2D eigenvalue weighted by atomic mass is 9.99. The van der Waals surface area contributed by atoms with E-state index in [0.717, 1.165) is 0 Å². The summed E-state index contributed by atoms with van der Waals surface area (Å²) in [5.41, 5.74) is -1.01. The largest absolute Gasteiger partial charge is 0.514 e. The Bertz CT molecular complexity index is 953. The van der Waals surface area contributed by atoms with Crippen LogP contribution in [-0.4, -0.2) is 93.2 Å². The van der Waals surface area contributed by atoms with E-state index in [1.165, 1.54) is 12.1 Å². The van der Waals surface area contributed by atoms with Crippen molar-refractivity contribution in [1.82, 2.24) is 5.32 Å². The number of amides is 1. The van der Waals surface area contributed by atoms with Gasteiger partial charge in [-0.15, -0.1) is 0 Å². The molecule has 5 N–H and O–H groups in total. The summed E-state index contributed by atoms with van der Waals surface area (Å²) in [6.45, 7) is 9.45. The molecular weight excluding hydrogens is 506 g/mol. The molecule has 1 aromatic carbocycles. The highest BCUT2D eigenvalue weighted by Crippen LogP contribution is 2.21. The summed E-state index contributed by atoms with van der Waals surface area (Å²) in [6.07, 6.45) is -10.0. The number of carbonyl (C=O) groups excluding carboxylic acids is 3. The zero-order chi connectivity index (χ0) is 28.8. The van der Waals surface area contributed by atoms with Crippen LogP contribution in [0, 0.1) is 0 Å². The van der Waals surface area contributed by atoms with E-state index in [9.17, 15) is 34.8 Å². The van der Waals surface area contributed by atoms with Gasteiger partial charge in [-0.1, -0.05) is 12.1 Å². The number of aliphatic hydroxyl groups is 4. The van der Waals surface area contributed by atoms with E-state index in [4.69, 9.17) is 23.7 Å². The second kappa shape index (κ2) is 12.7. The number of aliphatic hydroxyl groups excluding tert-OH is 4. The van der Waals surface area contributed by atoms with Crippen molar-refractivity contribution in [2.75, 3.05) is 6.61 Å². The average molecular weight is 544 g/mol. The van der Waals surface area contributed by atoms with Crippen molar-refractivity contribution in [2.45, 2.75) is 95.9 Å². The molecule has 0 aliphatic carbocycles. The van der Waals surface area contributed by atoms with E-state index in [1.807, 2.05) is 0 Å². The molecule has 1 aliphatic rings. The van der Waals surface area contributed by atoms with E-state index < -0.39 is 72.8 Å². The fourth-order valence-corrected chi connectivity index (χ4v) is 3.27. The smallest absolute Gasteiger partial charge is 0.461 e. The normalized spacial score (nSPS) is 24.6. The standard InChI is InChI=1S/C25H37NO12/c1-24(2,3)37-22(32)26-15(20(30)34-12-16-17(27)18(28)19(29)21(31)36-16)11-13-7-9-14(10-8-13)35-23(33)38-25(4,5)6/h7-10,15-19,21,27-29,31H,11-12H2,1-6H3,(H,26,32). The van der Waals surface area contributed by atoms with Gasteiger partial charge in [-0.25, -0.2) is 14.4 Å². The molecule has 0 saturated carbocycles. The monoisotopic (exact) mass is 543 g/mol. The first-order valence-electron chi connectivity index (χ1n) is 12.0. The van der Waals surface area contributed by atoms with Gasteiger partial charge in [-0.3, -0.25) is 0 Å². The Morgan fingerprint density at radius 2 is 1.47 bits per heavy atom. The van der Waals surface area contributed by atoms with Crippen LogP contribution in [0.5, 0.6) is 5.75 Å². The second-order valence-electron chi connectivity index (χ2n) is 10.8. The molecule has 0 bridgehead atoms. The van der Waals surface area contributed by atoms with Gasteiger partial charge in [0.25, 0.3) is 0 Å². The fraction of sp³-hybridized carbons (Fsp3) is 0.640. The van der Waals surface area contributed by atoms with Gasteiger partial charge in [-0.05, 0) is 59.2 Å². The zero-order valence-corrected chi connectivity index (χ0v) is 22.2. The van der Waals surface area contributed by atoms with E-state index in [1.54, 1.807) is 53.7 Å². The van der Waals surface area contributed by atoms with Gasteiger partial charge in [0, 0.05) is 6.42 Å². The molecule has 6 atom stereocenters. The number of hydrogen-bond donors (Lipinski definition) is 5. The maximum Gasteiger partial charge on any atom is 0.514 e. The van der Waals surface area contributed by atoms with Gasteiger partial charge in [0.1, 0.15) is 54.0 Å². The van der Waals surface area contributed by atoms with Crippen molar-refractivity contribution >= 4 is 18.2 Å². The first kappa shape index (κ1) is 31.2. The first-order valence-corrected chi connectivity index (χ1v) is 12.0. The Kier molecular flexibility index (Phi) is 10.5. The number of esters is 1. The molecule has 1 fully saturated rings.